The molecule has 0 aromatic heterocycles. The highest BCUT2D eigenvalue weighted by atomic mass is 32.2. The third-order valence-corrected chi connectivity index (χ3v) is 10.4. The maximum absolute atomic E-state index is 12.3. The first kappa shape index (κ1) is 47.1. The van der Waals surface area contributed by atoms with Crippen molar-refractivity contribution in [2.75, 3.05) is 39.5 Å². The molecule has 2 aromatic rings. The van der Waals surface area contributed by atoms with Crippen LogP contribution in [0, 0.1) is 25.2 Å². The molecule has 0 spiro atoms. The number of alkyl carbamates (subject to hydrolysis) is 2. The molecule has 0 saturated carbocycles. The van der Waals surface area contributed by atoms with Crippen LogP contribution in [0.15, 0.2) is 83.0 Å². The van der Waals surface area contributed by atoms with Crippen molar-refractivity contribution < 1.29 is 63.3 Å². The molecule has 0 bridgehead atoms. The summed E-state index contributed by atoms with van der Waals surface area (Å²) in [5, 5.41) is 5.36. The van der Waals surface area contributed by atoms with Gasteiger partial charge in [-0.1, -0.05) is 56.2 Å². The van der Waals surface area contributed by atoms with Crippen LogP contribution in [0.2, 0.25) is 0 Å². The third kappa shape index (κ3) is 18.0. The van der Waals surface area contributed by atoms with Gasteiger partial charge >= 0.3 is 44.4 Å². The average Bonchev–Trinajstić information content (AvgIpc) is 3.10. The zero-order valence-electron chi connectivity index (χ0n) is 32.4. The fourth-order valence-electron chi connectivity index (χ4n) is 4.95. The van der Waals surface area contributed by atoms with Crippen molar-refractivity contribution in [2.24, 2.45) is 11.3 Å². The summed E-state index contributed by atoms with van der Waals surface area (Å²) >= 11 is 0. The fourth-order valence-corrected chi connectivity index (χ4v) is 6.75. The van der Waals surface area contributed by atoms with E-state index in [2.05, 4.69) is 37.6 Å². The first-order valence-electron chi connectivity index (χ1n) is 17.8. The van der Waals surface area contributed by atoms with E-state index in [0.717, 1.165) is 17.5 Å². The molecule has 0 aliphatic carbocycles. The molecule has 0 saturated heterocycles. The highest BCUT2D eigenvalue weighted by molar-refractivity contribution is 7.87. The molecule has 16 nitrogen and oxygen atoms in total. The van der Waals surface area contributed by atoms with Crippen LogP contribution >= 0.6 is 0 Å². The van der Waals surface area contributed by atoms with E-state index in [0.29, 0.717) is 25.9 Å². The molecule has 2 amide bonds. The standard InChI is InChI=1S/C38H52N2O14S2/c1-27-10-14-32(15-11-27)55(45,46)53-30(4)34(41)49-22-8-24-51-36(43)39-20-18-29(3)26-38(6,7)19-21-40-37(44)52-25-9-23-50-35(42)31(5)54-56(47,48)33-16-12-28(2)13-17-33/h10-17,29H,4-5,8-9,18-26H2,1-3,6-7H3,(H,39,43)(H,40,44). The van der Waals surface area contributed by atoms with Gasteiger partial charge in [0, 0.05) is 25.9 Å². The molecular weight excluding hydrogens is 773 g/mol. The Kier molecular flexibility index (Phi) is 18.9. The summed E-state index contributed by atoms with van der Waals surface area (Å²) in [6.45, 7) is 16.7. The van der Waals surface area contributed by atoms with Gasteiger partial charge in [-0.15, -0.1) is 0 Å². The van der Waals surface area contributed by atoms with Crippen LogP contribution in [-0.2, 0) is 57.1 Å². The number of hydrogen-bond donors (Lipinski definition) is 2. The van der Waals surface area contributed by atoms with Crippen LogP contribution in [0.5, 0.6) is 0 Å². The minimum absolute atomic E-state index is 0.0468. The number of rotatable bonds is 24. The number of amides is 2. The summed E-state index contributed by atoms with van der Waals surface area (Å²) in [6.07, 6.45) is 1.18. The lowest BCUT2D eigenvalue weighted by molar-refractivity contribution is -0.142. The molecule has 0 heterocycles. The molecule has 0 radical (unpaired) electrons. The first-order valence-corrected chi connectivity index (χ1v) is 20.6. The number of esters is 2. The summed E-state index contributed by atoms with van der Waals surface area (Å²) in [5.41, 5.74) is 1.56. The molecule has 18 heteroatoms. The second-order valence-electron chi connectivity index (χ2n) is 13.7. The monoisotopic (exact) mass is 824 g/mol. The molecule has 0 aliphatic rings. The molecule has 56 heavy (non-hydrogen) atoms. The Morgan fingerprint density at radius 3 is 1.43 bits per heavy atom. The number of ether oxygens (including phenoxy) is 4. The van der Waals surface area contributed by atoms with E-state index < -0.39 is 55.9 Å². The van der Waals surface area contributed by atoms with Gasteiger partial charge in [-0.3, -0.25) is 0 Å². The number of hydrogen-bond acceptors (Lipinski definition) is 14. The highest BCUT2D eigenvalue weighted by Gasteiger charge is 2.24. The van der Waals surface area contributed by atoms with Crippen molar-refractivity contribution in [3.8, 4) is 0 Å². The van der Waals surface area contributed by atoms with E-state index in [1.165, 1.54) is 24.3 Å². The van der Waals surface area contributed by atoms with E-state index in [1.807, 2.05) is 6.92 Å². The van der Waals surface area contributed by atoms with Gasteiger partial charge in [0.25, 0.3) is 0 Å². The summed E-state index contributed by atoms with van der Waals surface area (Å²) in [7, 11) is -8.48. The maximum atomic E-state index is 12.3. The van der Waals surface area contributed by atoms with E-state index >= 15 is 0 Å². The molecule has 2 N–H and O–H groups in total. The van der Waals surface area contributed by atoms with Gasteiger partial charge in [-0.2, -0.15) is 16.8 Å². The minimum atomic E-state index is -4.24. The van der Waals surface area contributed by atoms with Crippen LogP contribution in [0.4, 0.5) is 9.59 Å². The van der Waals surface area contributed by atoms with Crippen molar-refractivity contribution in [3.63, 3.8) is 0 Å². The van der Waals surface area contributed by atoms with Crippen molar-refractivity contribution in [1.29, 1.82) is 0 Å². The molecule has 2 aromatic carbocycles. The molecule has 1 atom stereocenters. The number of nitrogens with one attached hydrogen (secondary N) is 2. The number of aryl methyl sites for hydroxylation is 2. The van der Waals surface area contributed by atoms with Gasteiger partial charge in [-0.25, -0.2) is 19.2 Å². The topological polar surface area (TPSA) is 216 Å². The van der Waals surface area contributed by atoms with Crippen LogP contribution in [-0.4, -0.2) is 80.5 Å². The largest absolute Gasteiger partial charge is 0.460 e. The van der Waals surface area contributed by atoms with Crippen LogP contribution in [0.3, 0.4) is 0 Å². The molecule has 0 aliphatic heterocycles. The zero-order valence-corrected chi connectivity index (χ0v) is 34.1. The minimum Gasteiger partial charge on any atom is -0.460 e. The maximum Gasteiger partial charge on any atom is 0.407 e. The van der Waals surface area contributed by atoms with Crippen molar-refractivity contribution >= 4 is 44.4 Å². The Bertz CT molecular complexity index is 1880. The van der Waals surface area contributed by atoms with Crippen LogP contribution < -0.4 is 10.6 Å². The quantitative estimate of drug-likeness (QED) is 0.0330. The van der Waals surface area contributed by atoms with Crippen molar-refractivity contribution in [3.05, 3.63) is 84.3 Å². The lowest BCUT2D eigenvalue weighted by Gasteiger charge is -2.28. The Balaban J connectivity index is 1.51. The van der Waals surface area contributed by atoms with Gasteiger partial charge in [0.1, 0.15) is 9.79 Å². The second kappa shape index (κ2) is 22.5. The Labute approximate surface area is 329 Å². The molecule has 1 unspecified atom stereocenters. The van der Waals surface area contributed by atoms with Crippen molar-refractivity contribution in [1.82, 2.24) is 10.6 Å². The lowest BCUT2D eigenvalue weighted by Crippen LogP contribution is -2.30. The van der Waals surface area contributed by atoms with Crippen LogP contribution in [0.25, 0.3) is 0 Å². The van der Waals surface area contributed by atoms with E-state index in [9.17, 15) is 36.0 Å². The fraction of sp³-hybridized carbons (Fsp3) is 0.474. The van der Waals surface area contributed by atoms with E-state index in [-0.39, 0.29) is 60.4 Å². The predicted octanol–water partition coefficient (Wildman–Crippen LogP) is 5.59. The van der Waals surface area contributed by atoms with Gasteiger partial charge in [0.15, 0.2) is 0 Å². The Morgan fingerprint density at radius 2 is 1.02 bits per heavy atom. The predicted molar refractivity (Wildman–Crippen MR) is 204 cm³/mol. The smallest absolute Gasteiger partial charge is 0.407 e. The summed E-state index contributed by atoms with van der Waals surface area (Å²) in [4.78, 5) is 48.0. The highest BCUT2D eigenvalue weighted by Crippen LogP contribution is 2.30. The number of benzene rings is 2. The van der Waals surface area contributed by atoms with E-state index in [1.54, 1.807) is 38.1 Å². The normalized spacial score (nSPS) is 12.0. The summed E-state index contributed by atoms with van der Waals surface area (Å²) in [6, 6.07) is 11.7. The third-order valence-electron chi connectivity index (χ3n) is 7.88. The SMILES string of the molecule is C=C(OS(=O)(=O)c1ccc(C)cc1)C(=O)OCCCOC(=O)NCCC(C)CC(C)(C)CCNC(=O)OCCCOC(=O)C(=C)OS(=O)(=O)c1ccc(C)cc1. The summed E-state index contributed by atoms with van der Waals surface area (Å²) in [5.74, 6) is -3.27. The van der Waals surface area contributed by atoms with Gasteiger partial charge in [0.05, 0.1) is 26.4 Å². The number of carbonyl (C=O) groups excluding carboxylic acids is 4. The number of carbonyl (C=O) groups is 4. The van der Waals surface area contributed by atoms with Crippen LogP contribution in [0.1, 0.15) is 64.0 Å². The molecule has 0 fully saturated rings. The van der Waals surface area contributed by atoms with Gasteiger partial charge in [-0.05, 0) is 81.9 Å². The van der Waals surface area contributed by atoms with Gasteiger partial charge < -0.3 is 37.9 Å². The first-order chi connectivity index (χ1) is 26.2. The lowest BCUT2D eigenvalue weighted by atomic mass is 9.79. The zero-order chi connectivity index (χ0) is 41.9. The van der Waals surface area contributed by atoms with E-state index in [4.69, 9.17) is 27.3 Å². The Hall–Kier alpha value is -5.10. The average molecular weight is 825 g/mol. The summed E-state index contributed by atoms with van der Waals surface area (Å²) < 4.78 is 78.8. The Morgan fingerprint density at radius 1 is 0.643 bits per heavy atom. The molecule has 310 valence electrons. The molecular formula is C38H52N2O14S2. The van der Waals surface area contributed by atoms with Gasteiger partial charge in [0.2, 0.25) is 11.5 Å². The second-order valence-corrected chi connectivity index (χ2v) is 16.8. The molecule has 2 rings (SSSR count). The van der Waals surface area contributed by atoms with Crippen molar-refractivity contribution in [2.45, 2.75) is 76.5 Å².